The number of piperazine rings is 1. The Kier molecular flexibility index (Phi) is 5.56. The number of hydrogen-bond donors (Lipinski definition) is 1. The smallest absolute Gasteiger partial charge is 0.359 e. The van der Waals surface area contributed by atoms with Crippen LogP contribution in [-0.2, 0) is 19.4 Å². The standard InChI is InChI=1S/C19H22N4O6S/c24-16(23-8-6-22(7-9-23)13-5-10-30(27,28)12-13)11-29-19(26)17-14-3-1-2-4-15(14)18(25)21-20-17/h1-4,13H,5-12H2,(H,21,25). The molecule has 2 aromatic rings. The van der Waals surface area contributed by atoms with Gasteiger partial charge in [-0.1, -0.05) is 18.2 Å². The lowest BCUT2D eigenvalue weighted by atomic mass is 10.1. The number of carbonyl (C=O) groups excluding carboxylic acids is 2. The van der Waals surface area contributed by atoms with E-state index in [-0.39, 0.29) is 29.1 Å². The molecule has 0 spiro atoms. The molecule has 1 aromatic heterocycles. The van der Waals surface area contributed by atoms with Crippen molar-refractivity contribution >= 4 is 32.5 Å². The van der Waals surface area contributed by atoms with E-state index >= 15 is 0 Å². The van der Waals surface area contributed by atoms with Crippen molar-refractivity contribution in [3.8, 4) is 0 Å². The summed E-state index contributed by atoms with van der Waals surface area (Å²) < 4.78 is 28.5. The molecule has 160 valence electrons. The average Bonchev–Trinajstić information content (AvgIpc) is 3.12. The Balaban J connectivity index is 1.32. The van der Waals surface area contributed by atoms with Crippen LogP contribution in [0.5, 0.6) is 0 Å². The second-order valence-corrected chi connectivity index (χ2v) is 9.73. The van der Waals surface area contributed by atoms with Crippen molar-refractivity contribution in [2.45, 2.75) is 12.5 Å². The Bertz CT molecular complexity index is 1140. The van der Waals surface area contributed by atoms with Gasteiger partial charge in [-0.3, -0.25) is 14.5 Å². The Morgan fingerprint density at radius 3 is 2.50 bits per heavy atom. The first kappa shape index (κ1) is 20.5. The van der Waals surface area contributed by atoms with Crippen LogP contribution in [0.2, 0.25) is 0 Å². The number of rotatable bonds is 4. The van der Waals surface area contributed by atoms with Crippen molar-refractivity contribution < 1.29 is 22.7 Å². The Labute approximate surface area is 172 Å². The molecule has 0 bridgehead atoms. The number of aromatic nitrogens is 2. The molecule has 1 N–H and O–H groups in total. The molecule has 1 aromatic carbocycles. The number of H-pyrrole nitrogens is 1. The molecule has 2 fully saturated rings. The second-order valence-electron chi connectivity index (χ2n) is 7.50. The normalized spacial score (nSPS) is 21.6. The van der Waals surface area contributed by atoms with Crippen molar-refractivity contribution in [3.05, 3.63) is 40.3 Å². The van der Waals surface area contributed by atoms with E-state index in [0.717, 1.165) is 0 Å². The van der Waals surface area contributed by atoms with Crippen molar-refractivity contribution in [1.29, 1.82) is 0 Å². The lowest BCUT2D eigenvalue weighted by Crippen LogP contribution is -2.53. The predicted molar refractivity (Wildman–Crippen MR) is 108 cm³/mol. The number of aromatic amines is 1. The molecule has 4 rings (SSSR count). The zero-order valence-corrected chi connectivity index (χ0v) is 17.1. The number of benzene rings is 1. The van der Waals surface area contributed by atoms with E-state index in [1.807, 2.05) is 0 Å². The van der Waals surface area contributed by atoms with Crippen LogP contribution in [0.4, 0.5) is 0 Å². The summed E-state index contributed by atoms with van der Waals surface area (Å²) in [6.45, 7) is 1.66. The summed E-state index contributed by atoms with van der Waals surface area (Å²) >= 11 is 0. The first-order valence-corrected chi connectivity index (χ1v) is 11.5. The van der Waals surface area contributed by atoms with Gasteiger partial charge in [-0.05, 0) is 12.5 Å². The molecule has 1 atom stereocenters. The highest BCUT2D eigenvalue weighted by Crippen LogP contribution is 2.19. The molecule has 0 radical (unpaired) electrons. The molecular formula is C19H22N4O6S. The summed E-state index contributed by atoms with van der Waals surface area (Å²) in [5, 5.41) is 6.71. The van der Waals surface area contributed by atoms with Crippen LogP contribution < -0.4 is 5.56 Å². The third-order valence-electron chi connectivity index (χ3n) is 5.61. The Hall–Kier alpha value is -2.79. The van der Waals surface area contributed by atoms with Crippen LogP contribution in [0.15, 0.2) is 29.1 Å². The van der Waals surface area contributed by atoms with E-state index < -0.39 is 28.0 Å². The lowest BCUT2D eigenvalue weighted by Gasteiger charge is -2.37. The number of fused-ring (bicyclic) bond motifs is 1. The van der Waals surface area contributed by atoms with E-state index in [1.54, 1.807) is 29.2 Å². The highest BCUT2D eigenvalue weighted by Gasteiger charge is 2.34. The fourth-order valence-electron chi connectivity index (χ4n) is 3.96. The van der Waals surface area contributed by atoms with Crippen molar-refractivity contribution in [3.63, 3.8) is 0 Å². The molecule has 3 heterocycles. The molecule has 10 nitrogen and oxygen atoms in total. The van der Waals surface area contributed by atoms with Gasteiger partial charge in [0, 0.05) is 37.6 Å². The van der Waals surface area contributed by atoms with Crippen LogP contribution in [-0.4, -0.2) is 90.6 Å². The highest BCUT2D eigenvalue weighted by molar-refractivity contribution is 7.91. The molecule has 2 aliphatic rings. The van der Waals surface area contributed by atoms with Gasteiger partial charge >= 0.3 is 5.97 Å². The molecule has 30 heavy (non-hydrogen) atoms. The topological polar surface area (TPSA) is 130 Å². The van der Waals surface area contributed by atoms with Gasteiger partial charge in [-0.25, -0.2) is 18.3 Å². The molecule has 1 unspecified atom stereocenters. The summed E-state index contributed by atoms with van der Waals surface area (Å²) in [4.78, 5) is 40.4. The highest BCUT2D eigenvalue weighted by atomic mass is 32.2. The van der Waals surface area contributed by atoms with Gasteiger partial charge < -0.3 is 9.64 Å². The van der Waals surface area contributed by atoms with Gasteiger partial charge in [0.05, 0.1) is 16.9 Å². The summed E-state index contributed by atoms with van der Waals surface area (Å²) in [6, 6.07) is 6.55. The van der Waals surface area contributed by atoms with Crippen LogP contribution in [0.3, 0.4) is 0 Å². The lowest BCUT2D eigenvalue weighted by molar-refractivity contribution is -0.136. The van der Waals surface area contributed by atoms with E-state index in [4.69, 9.17) is 4.74 Å². The van der Waals surface area contributed by atoms with Gasteiger partial charge in [0.15, 0.2) is 22.1 Å². The quantitative estimate of drug-likeness (QED) is 0.632. The van der Waals surface area contributed by atoms with E-state index in [0.29, 0.717) is 43.4 Å². The molecule has 2 aliphatic heterocycles. The van der Waals surface area contributed by atoms with Gasteiger partial charge in [0.1, 0.15) is 0 Å². The third kappa shape index (κ3) is 4.21. The number of hydrogen-bond acceptors (Lipinski definition) is 8. The summed E-state index contributed by atoms with van der Waals surface area (Å²) in [7, 11) is -2.95. The number of nitrogens with one attached hydrogen (secondary N) is 1. The van der Waals surface area contributed by atoms with Gasteiger partial charge in [0.25, 0.3) is 11.5 Å². The number of amides is 1. The minimum Gasteiger partial charge on any atom is -0.451 e. The average molecular weight is 434 g/mol. The van der Waals surface area contributed by atoms with Crippen molar-refractivity contribution in [1.82, 2.24) is 20.0 Å². The van der Waals surface area contributed by atoms with E-state index in [9.17, 15) is 22.8 Å². The largest absolute Gasteiger partial charge is 0.451 e. The van der Waals surface area contributed by atoms with Gasteiger partial charge in [0.2, 0.25) is 0 Å². The first-order valence-electron chi connectivity index (χ1n) is 9.71. The van der Waals surface area contributed by atoms with Gasteiger partial charge in [-0.2, -0.15) is 5.10 Å². The third-order valence-corrected chi connectivity index (χ3v) is 7.36. The first-order chi connectivity index (χ1) is 14.3. The number of nitrogens with zero attached hydrogens (tertiary/aromatic N) is 3. The van der Waals surface area contributed by atoms with Crippen LogP contribution in [0.1, 0.15) is 16.9 Å². The zero-order valence-electron chi connectivity index (χ0n) is 16.2. The maximum Gasteiger partial charge on any atom is 0.359 e. The Morgan fingerprint density at radius 2 is 1.83 bits per heavy atom. The van der Waals surface area contributed by atoms with Crippen LogP contribution in [0, 0.1) is 0 Å². The van der Waals surface area contributed by atoms with Gasteiger partial charge in [-0.15, -0.1) is 0 Å². The monoisotopic (exact) mass is 434 g/mol. The summed E-state index contributed by atoms with van der Waals surface area (Å²) in [5.74, 6) is -0.708. The molecule has 11 heteroatoms. The summed E-state index contributed by atoms with van der Waals surface area (Å²) in [6.07, 6.45) is 0.633. The molecule has 0 saturated carbocycles. The number of ether oxygens (including phenoxy) is 1. The Morgan fingerprint density at radius 1 is 1.13 bits per heavy atom. The summed E-state index contributed by atoms with van der Waals surface area (Å²) in [5.41, 5.74) is -0.462. The minimum atomic E-state index is -2.95. The SMILES string of the molecule is O=C(OCC(=O)N1CCN(C2CCS(=O)(=O)C2)CC1)c1n[nH]c(=O)c2ccccc12. The minimum absolute atomic E-state index is 0.0182. The maximum absolute atomic E-state index is 12.4. The van der Waals surface area contributed by atoms with E-state index in [2.05, 4.69) is 15.1 Å². The molecule has 2 saturated heterocycles. The number of carbonyl (C=O) groups is 2. The van der Waals surface area contributed by atoms with E-state index in [1.165, 1.54) is 0 Å². The van der Waals surface area contributed by atoms with Crippen LogP contribution in [0.25, 0.3) is 10.8 Å². The number of sulfone groups is 1. The van der Waals surface area contributed by atoms with Crippen molar-refractivity contribution in [2.24, 2.45) is 0 Å². The fraction of sp³-hybridized carbons (Fsp3) is 0.474. The maximum atomic E-state index is 12.4. The molecule has 0 aliphatic carbocycles. The molecular weight excluding hydrogens is 412 g/mol. The fourth-order valence-corrected chi connectivity index (χ4v) is 5.72. The predicted octanol–water partition coefficient (Wildman–Crippen LogP) is -0.589. The van der Waals surface area contributed by atoms with Crippen LogP contribution >= 0.6 is 0 Å². The molecule has 1 amide bonds. The van der Waals surface area contributed by atoms with Crippen molar-refractivity contribution in [2.75, 3.05) is 44.3 Å². The number of esters is 1. The zero-order chi connectivity index (χ0) is 21.3. The second kappa shape index (κ2) is 8.15.